The molecule has 0 bridgehead atoms. The maximum atomic E-state index is 10.5. The fraction of sp³-hybridized carbons (Fsp3) is 0.667. The lowest BCUT2D eigenvalue weighted by molar-refractivity contribution is -0.142. The van der Waals surface area contributed by atoms with Crippen molar-refractivity contribution in [1.29, 1.82) is 0 Å². The molecule has 0 amide bonds. The number of esters is 1. The maximum Gasteiger partial charge on any atom is 0.305 e. The van der Waals surface area contributed by atoms with E-state index in [0.29, 0.717) is 19.6 Å². The van der Waals surface area contributed by atoms with E-state index < -0.39 is 0 Å². The summed E-state index contributed by atoms with van der Waals surface area (Å²) >= 11 is 4.30. The molecule has 0 N–H and O–H groups in total. The fourth-order valence-electron chi connectivity index (χ4n) is 0.353. The number of carbonyl (C=O) groups is 1. The Labute approximate surface area is 65.1 Å². The molecule has 0 spiro atoms. The molecule has 56 valence electrons. The third-order valence-corrected chi connectivity index (χ3v) is 0.948. The van der Waals surface area contributed by atoms with Gasteiger partial charge < -0.3 is 4.74 Å². The first kappa shape index (κ1) is 9.27. The highest BCUT2D eigenvalue weighted by atomic mass is 32.1. The van der Waals surface area contributed by atoms with Crippen molar-refractivity contribution in [3.8, 4) is 0 Å². The van der Waals surface area contributed by atoms with Gasteiger partial charge in [0.2, 0.25) is 0 Å². The lowest BCUT2D eigenvalue weighted by Gasteiger charge is -1.97. The van der Waals surface area contributed by atoms with Gasteiger partial charge in [-0.2, -0.15) is 0 Å². The molecule has 0 aromatic carbocycles. The molecule has 0 aliphatic heterocycles. The summed E-state index contributed by atoms with van der Waals surface area (Å²) in [6, 6.07) is 0. The highest BCUT2D eigenvalue weighted by molar-refractivity contribution is 7.78. The van der Waals surface area contributed by atoms with Crippen molar-refractivity contribution in [2.75, 3.05) is 13.2 Å². The molecule has 0 aliphatic rings. The Bertz CT molecular complexity index is 152. The fourth-order valence-corrected chi connectivity index (χ4v) is 0.444. The van der Waals surface area contributed by atoms with Crippen molar-refractivity contribution in [1.82, 2.24) is 0 Å². The van der Waals surface area contributed by atoms with Gasteiger partial charge in [-0.25, -0.2) is 4.99 Å². The third kappa shape index (κ3) is 5.41. The first-order valence-corrected chi connectivity index (χ1v) is 3.41. The molecule has 0 fully saturated rings. The number of rotatable bonds is 4. The Morgan fingerprint density at radius 3 is 3.00 bits per heavy atom. The normalized spacial score (nSPS) is 8.10. The van der Waals surface area contributed by atoms with Crippen LogP contribution in [0.2, 0.25) is 0 Å². The highest BCUT2D eigenvalue weighted by Crippen LogP contribution is 1.83. The van der Waals surface area contributed by atoms with Crippen LogP contribution in [0.3, 0.4) is 0 Å². The van der Waals surface area contributed by atoms with Crippen molar-refractivity contribution >= 4 is 23.3 Å². The van der Waals surface area contributed by atoms with E-state index in [1.807, 2.05) is 0 Å². The number of hydrogen-bond donors (Lipinski definition) is 0. The minimum absolute atomic E-state index is 0.209. The van der Waals surface area contributed by atoms with E-state index >= 15 is 0 Å². The standard InChI is InChI=1S/C6H9NO2S/c1-2-6(8)9-4-3-7-5-10/h2-4H2,1H3. The summed E-state index contributed by atoms with van der Waals surface area (Å²) < 4.78 is 4.67. The van der Waals surface area contributed by atoms with Crippen LogP contribution in [0.4, 0.5) is 0 Å². The van der Waals surface area contributed by atoms with Crippen LogP contribution in [0.5, 0.6) is 0 Å². The number of ether oxygens (including phenoxy) is 1. The lowest BCUT2D eigenvalue weighted by atomic mass is 10.5. The molecule has 4 heteroatoms. The quantitative estimate of drug-likeness (QED) is 0.266. The molecule has 0 saturated carbocycles. The zero-order valence-corrected chi connectivity index (χ0v) is 6.61. The second kappa shape index (κ2) is 6.39. The SMILES string of the molecule is CCC(=O)OCCN=C=S. The molecule has 0 saturated heterocycles. The Morgan fingerprint density at radius 1 is 1.80 bits per heavy atom. The molecule has 0 rings (SSSR count). The summed E-state index contributed by atoms with van der Waals surface area (Å²) in [5.74, 6) is -0.209. The first-order valence-electron chi connectivity index (χ1n) is 3.00. The molecule has 0 aliphatic carbocycles. The Hall–Kier alpha value is -0.730. The van der Waals surface area contributed by atoms with Gasteiger partial charge in [-0.05, 0) is 12.2 Å². The second-order valence-corrected chi connectivity index (χ2v) is 1.73. The minimum Gasteiger partial charge on any atom is -0.464 e. The van der Waals surface area contributed by atoms with Crippen molar-refractivity contribution in [2.24, 2.45) is 4.99 Å². The summed E-state index contributed by atoms with van der Waals surface area (Å²) in [5.41, 5.74) is 0. The smallest absolute Gasteiger partial charge is 0.305 e. The zero-order chi connectivity index (χ0) is 7.82. The van der Waals surface area contributed by atoms with Gasteiger partial charge in [0.15, 0.2) is 0 Å². The average Bonchev–Trinajstić information content (AvgIpc) is 1.98. The lowest BCUT2D eigenvalue weighted by Crippen LogP contribution is -2.05. The molecule has 0 aromatic rings. The Balaban J connectivity index is 3.19. The predicted octanol–water partition coefficient (Wildman–Crippen LogP) is 1.04. The van der Waals surface area contributed by atoms with Crippen molar-refractivity contribution in [3.63, 3.8) is 0 Å². The molecule has 0 radical (unpaired) electrons. The van der Waals surface area contributed by atoms with Gasteiger partial charge in [-0.15, -0.1) is 0 Å². The predicted molar refractivity (Wildman–Crippen MR) is 41.1 cm³/mol. The number of carbonyl (C=O) groups excluding carboxylic acids is 1. The summed E-state index contributed by atoms with van der Waals surface area (Å²) in [5, 5.41) is 2.18. The number of hydrogen-bond acceptors (Lipinski definition) is 4. The number of thiocarbonyl (C=S) groups is 1. The summed E-state index contributed by atoms with van der Waals surface area (Å²) in [4.78, 5) is 14.0. The van der Waals surface area contributed by atoms with Gasteiger partial charge >= 0.3 is 5.97 Å². The van der Waals surface area contributed by atoms with E-state index in [1.165, 1.54) is 0 Å². The van der Waals surface area contributed by atoms with Gasteiger partial charge in [-0.3, -0.25) is 4.79 Å². The summed E-state index contributed by atoms with van der Waals surface area (Å²) in [6.07, 6.45) is 0.404. The van der Waals surface area contributed by atoms with Crippen LogP contribution in [-0.4, -0.2) is 24.3 Å². The first-order chi connectivity index (χ1) is 4.81. The van der Waals surface area contributed by atoms with Gasteiger partial charge in [0, 0.05) is 6.42 Å². The molecule has 0 atom stereocenters. The molecule has 0 aromatic heterocycles. The van der Waals surface area contributed by atoms with Gasteiger partial charge in [0.25, 0.3) is 0 Å². The van der Waals surface area contributed by atoms with Gasteiger partial charge in [0.1, 0.15) is 6.61 Å². The third-order valence-electron chi connectivity index (χ3n) is 0.819. The van der Waals surface area contributed by atoms with Crippen LogP contribution in [0.25, 0.3) is 0 Å². The van der Waals surface area contributed by atoms with E-state index in [2.05, 4.69) is 27.1 Å². The molecule has 10 heavy (non-hydrogen) atoms. The van der Waals surface area contributed by atoms with Gasteiger partial charge in [-0.1, -0.05) is 6.92 Å². The monoisotopic (exact) mass is 159 g/mol. The van der Waals surface area contributed by atoms with Crippen LogP contribution in [0.15, 0.2) is 4.99 Å². The topological polar surface area (TPSA) is 38.7 Å². The van der Waals surface area contributed by atoms with Crippen LogP contribution < -0.4 is 0 Å². The number of isothiocyanates is 1. The molecule has 3 nitrogen and oxygen atoms in total. The second-order valence-electron chi connectivity index (χ2n) is 1.55. The van der Waals surface area contributed by atoms with Crippen LogP contribution >= 0.6 is 12.2 Å². The van der Waals surface area contributed by atoms with E-state index in [1.54, 1.807) is 6.92 Å². The minimum atomic E-state index is -0.209. The van der Waals surface area contributed by atoms with Crippen LogP contribution in [-0.2, 0) is 9.53 Å². The van der Waals surface area contributed by atoms with Crippen molar-refractivity contribution < 1.29 is 9.53 Å². The van der Waals surface area contributed by atoms with Crippen molar-refractivity contribution in [2.45, 2.75) is 13.3 Å². The Morgan fingerprint density at radius 2 is 2.50 bits per heavy atom. The van der Waals surface area contributed by atoms with Crippen molar-refractivity contribution in [3.05, 3.63) is 0 Å². The van der Waals surface area contributed by atoms with Crippen LogP contribution in [0.1, 0.15) is 13.3 Å². The van der Waals surface area contributed by atoms with E-state index in [9.17, 15) is 4.79 Å². The number of nitrogens with zero attached hydrogens (tertiary/aromatic N) is 1. The largest absolute Gasteiger partial charge is 0.464 e. The molecular formula is C6H9NO2S. The van der Waals surface area contributed by atoms with E-state index in [4.69, 9.17) is 0 Å². The zero-order valence-electron chi connectivity index (χ0n) is 5.79. The Kier molecular flexibility index (Phi) is 5.92. The molecule has 0 heterocycles. The molecular weight excluding hydrogens is 150 g/mol. The summed E-state index contributed by atoms with van der Waals surface area (Å²) in [7, 11) is 0. The average molecular weight is 159 g/mol. The van der Waals surface area contributed by atoms with Gasteiger partial charge in [0.05, 0.1) is 11.7 Å². The maximum absolute atomic E-state index is 10.5. The molecule has 0 unspecified atom stereocenters. The number of aliphatic imine (C=N–C) groups is 1. The van der Waals surface area contributed by atoms with E-state index in [0.717, 1.165) is 0 Å². The summed E-state index contributed by atoms with van der Waals surface area (Å²) in [6.45, 7) is 2.45. The highest BCUT2D eigenvalue weighted by Gasteiger charge is 1.94. The van der Waals surface area contributed by atoms with Crippen LogP contribution in [0, 0.1) is 0 Å². The van der Waals surface area contributed by atoms with E-state index in [-0.39, 0.29) is 5.97 Å².